The highest BCUT2D eigenvalue weighted by Crippen LogP contribution is 2.35. The van der Waals surface area contributed by atoms with Crippen molar-refractivity contribution in [2.45, 2.75) is 69.6 Å². The zero-order chi connectivity index (χ0) is 26.6. The van der Waals surface area contributed by atoms with Crippen molar-refractivity contribution >= 4 is 33.0 Å². The van der Waals surface area contributed by atoms with Gasteiger partial charge in [0.05, 0.1) is 27.6 Å². The first kappa shape index (κ1) is 26.9. The zero-order valence-corrected chi connectivity index (χ0v) is 23.0. The minimum Gasteiger partial charge on any atom is -0.489 e. The molecule has 0 atom stereocenters. The first-order chi connectivity index (χ1) is 17.6. The summed E-state index contributed by atoms with van der Waals surface area (Å²) in [5, 5.41) is 9.41. The molecule has 4 rings (SSSR count). The van der Waals surface area contributed by atoms with Crippen molar-refractivity contribution in [2.24, 2.45) is 0 Å². The molecule has 0 radical (unpaired) electrons. The fourth-order valence-corrected chi connectivity index (χ4v) is 5.55. The van der Waals surface area contributed by atoms with Crippen molar-refractivity contribution in [3.63, 3.8) is 0 Å². The highest BCUT2D eigenvalue weighted by Gasteiger charge is 2.23. The molecule has 0 unspecified atom stereocenters. The van der Waals surface area contributed by atoms with Gasteiger partial charge in [0.15, 0.2) is 9.84 Å². The van der Waals surface area contributed by atoms with E-state index >= 15 is 0 Å². The SMILES string of the molecule is Cc1cnc(Nc2ccc(C3CCNCC3)cc2OC(C)C)nc1Nc1ccccc1S(=O)(=O)C(C)C. The van der Waals surface area contributed by atoms with Crippen molar-refractivity contribution in [3.05, 3.63) is 59.8 Å². The standard InChI is InChI=1S/C28H37N5O3S/c1-18(2)36-25-16-22(21-12-14-29-15-13-21)10-11-23(25)32-28-30-17-20(5)27(33-28)31-24-8-6-7-9-26(24)37(34,35)19(3)4/h6-11,16-19,21,29H,12-15H2,1-5H3,(H2,30,31,32,33). The summed E-state index contributed by atoms with van der Waals surface area (Å²) in [6.45, 7) is 11.3. The number of aryl methyl sites for hydroxylation is 1. The molecule has 8 nitrogen and oxygen atoms in total. The molecule has 1 aliphatic heterocycles. The first-order valence-corrected chi connectivity index (χ1v) is 14.4. The molecule has 1 fully saturated rings. The normalized spacial score (nSPS) is 14.7. The molecule has 1 saturated heterocycles. The Morgan fingerprint density at radius 1 is 1.00 bits per heavy atom. The summed E-state index contributed by atoms with van der Waals surface area (Å²) in [5.74, 6) is 2.19. The maximum Gasteiger partial charge on any atom is 0.229 e. The molecule has 2 heterocycles. The summed E-state index contributed by atoms with van der Waals surface area (Å²) in [6.07, 6.45) is 3.94. The Hall–Kier alpha value is -3.17. The molecule has 0 aliphatic carbocycles. The van der Waals surface area contributed by atoms with Crippen molar-refractivity contribution < 1.29 is 13.2 Å². The van der Waals surface area contributed by atoms with Gasteiger partial charge in [0.25, 0.3) is 0 Å². The topological polar surface area (TPSA) is 105 Å². The average Bonchev–Trinajstić information content (AvgIpc) is 2.87. The molecule has 1 aromatic heterocycles. The zero-order valence-electron chi connectivity index (χ0n) is 22.2. The van der Waals surface area contributed by atoms with E-state index in [2.05, 4.69) is 38.1 Å². The van der Waals surface area contributed by atoms with Gasteiger partial charge >= 0.3 is 0 Å². The van der Waals surface area contributed by atoms with Crippen LogP contribution in [0.1, 0.15) is 57.6 Å². The highest BCUT2D eigenvalue weighted by atomic mass is 32.2. The molecule has 3 aromatic rings. The van der Waals surface area contributed by atoms with Crippen LogP contribution in [0, 0.1) is 6.92 Å². The molecule has 0 amide bonds. The summed E-state index contributed by atoms with van der Waals surface area (Å²) in [5.41, 5.74) is 3.34. The minimum absolute atomic E-state index is 0.0133. The molecule has 37 heavy (non-hydrogen) atoms. The maximum atomic E-state index is 12.9. The number of aromatic nitrogens is 2. The minimum atomic E-state index is -3.47. The van der Waals surface area contributed by atoms with Crippen LogP contribution < -0.4 is 20.7 Å². The molecule has 1 aliphatic rings. The van der Waals surface area contributed by atoms with Gasteiger partial charge in [-0.25, -0.2) is 13.4 Å². The van der Waals surface area contributed by atoms with Crippen LogP contribution in [0.2, 0.25) is 0 Å². The number of anilines is 4. The predicted molar refractivity (Wildman–Crippen MR) is 149 cm³/mol. The van der Waals surface area contributed by atoms with Crippen LogP contribution in [-0.4, -0.2) is 42.8 Å². The molecular formula is C28H37N5O3S. The van der Waals surface area contributed by atoms with Crippen LogP contribution in [0.15, 0.2) is 53.6 Å². The van der Waals surface area contributed by atoms with E-state index < -0.39 is 15.1 Å². The van der Waals surface area contributed by atoms with Crippen LogP contribution in [0.3, 0.4) is 0 Å². The van der Waals surface area contributed by atoms with Gasteiger partial charge in [0.2, 0.25) is 5.95 Å². The van der Waals surface area contributed by atoms with Gasteiger partial charge in [0.1, 0.15) is 11.6 Å². The van der Waals surface area contributed by atoms with Crippen LogP contribution in [0.25, 0.3) is 0 Å². The molecule has 0 saturated carbocycles. The van der Waals surface area contributed by atoms with E-state index in [0.29, 0.717) is 23.4 Å². The van der Waals surface area contributed by atoms with Gasteiger partial charge in [-0.3, -0.25) is 0 Å². The number of para-hydroxylation sites is 1. The number of sulfone groups is 1. The Labute approximate surface area is 220 Å². The number of nitrogens with one attached hydrogen (secondary N) is 3. The Balaban J connectivity index is 1.62. The summed E-state index contributed by atoms with van der Waals surface area (Å²) in [6, 6.07) is 13.2. The van der Waals surface area contributed by atoms with E-state index in [1.807, 2.05) is 26.8 Å². The van der Waals surface area contributed by atoms with Crippen LogP contribution in [-0.2, 0) is 9.84 Å². The second kappa shape index (κ2) is 11.5. The van der Waals surface area contributed by atoms with Crippen molar-refractivity contribution in [1.29, 1.82) is 0 Å². The fourth-order valence-electron chi connectivity index (χ4n) is 4.35. The molecule has 2 aromatic carbocycles. The molecule has 9 heteroatoms. The number of piperidine rings is 1. The largest absolute Gasteiger partial charge is 0.489 e. The van der Waals surface area contributed by atoms with Gasteiger partial charge < -0.3 is 20.7 Å². The lowest BCUT2D eigenvalue weighted by atomic mass is 9.90. The van der Waals surface area contributed by atoms with Gasteiger partial charge in [-0.05, 0) is 96.3 Å². The Bertz CT molecular complexity index is 1340. The smallest absolute Gasteiger partial charge is 0.229 e. The Morgan fingerprint density at radius 3 is 2.43 bits per heavy atom. The van der Waals surface area contributed by atoms with Gasteiger partial charge in [0, 0.05) is 11.8 Å². The van der Waals surface area contributed by atoms with E-state index in [-0.39, 0.29) is 11.0 Å². The number of ether oxygens (including phenoxy) is 1. The molecular weight excluding hydrogens is 486 g/mol. The lowest BCUT2D eigenvalue weighted by Gasteiger charge is -2.24. The second-order valence-corrected chi connectivity index (χ2v) is 12.5. The highest BCUT2D eigenvalue weighted by molar-refractivity contribution is 7.92. The molecule has 0 spiro atoms. The van der Waals surface area contributed by atoms with Crippen molar-refractivity contribution in [3.8, 4) is 5.75 Å². The van der Waals surface area contributed by atoms with Gasteiger partial charge in [-0.15, -0.1) is 0 Å². The first-order valence-electron chi connectivity index (χ1n) is 12.9. The van der Waals surface area contributed by atoms with E-state index in [1.54, 1.807) is 44.3 Å². The Morgan fingerprint density at radius 2 is 1.73 bits per heavy atom. The van der Waals surface area contributed by atoms with Gasteiger partial charge in [-0.1, -0.05) is 18.2 Å². The number of hydrogen-bond donors (Lipinski definition) is 3. The summed E-state index contributed by atoms with van der Waals surface area (Å²) < 4.78 is 32.0. The van der Waals surface area contributed by atoms with Crippen LogP contribution >= 0.6 is 0 Å². The number of hydrogen-bond acceptors (Lipinski definition) is 8. The number of nitrogens with zero attached hydrogens (tertiary/aromatic N) is 2. The molecule has 0 bridgehead atoms. The number of benzene rings is 2. The van der Waals surface area contributed by atoms with E-state index in [9.17, 15) is 8.42 Å². The average molecular weight is 524 g/mol. The second-order valence-electron chi connectivity index (χ2n) is 10.0. The predicted octanol–water partition coefficient (Wildman–Crippen LogP) is 5.71. The molecule has 198 valence electrons. The lowest BCUT2D eigenvalue weighted by molar-refractivity contribution is 0.243. The van der Waals surface area contributed by atoms with Crippen LogP contribution in [0.4, 0.5) is 23.1 Å². The molecule has 3 N–H and O–H groups in total. The third kappa shape index (κ3) is 6.40. The van der Waals surface area contributed by atoms with E-state index in [4.69, 9.17) is 4.74 Å². The lowest BCUT2D eigenvalue weighted by Crippen LogP contribution is -2.26. The summed E-state index contributed by atoms with van der Waals surface area (Å²) in [4.78, 5) is 9.38. The summed E-state index contributed by atoms with van der Waals surface area (Å²) in [7, 11) is -3.47. The monoisotopic (exact) mass is 523 g/mol. The third-order valence-corrected chi connectivity index (χ3v) is 8.67. The number of rotatable bonds is 9. The Kier molecular flexibility index (Phi) is 8.34. The van der Waals surface area contributed by atoms with Crippen molar-refractivity contribution in [2.75, 3.05) is 23.7 Å². The fraction of sp³-hybridized carbons (Fsp3) is 0.429. The van der Waals surface area contributed by atoms with E-state index in [0.717, 1.165) is 42.9 Å². The third-order valence-electron chi connectivity index (χ3n) is 6.46. The quantitative estimate of drug-likeness (QED) is 0.328. The van der Waals surface area contributed by atoms with Gasteiger partial charge in [-0.2, -0.15) is 4.98 Å². The van der Waals surface area contributed by atoms with Crippen molar-refractivity contribution in [1.82, 2.24) is 15.3 Å². The van der Waals surface area contributed by atoms with E-state index in [1.165, 1.54) is 5.56 Å². The maximum absolute atomic E-state index is 12.9. The van der Waals surface area contributed by atoms with Crippen LogP contribution in [0.5, 0.6) is 5.75 Å². The summed E-state index contributed by atoms with van der Waals surface area (Å²) >= 11 is 0.